The number of aliphatic hydroxyl groups excluding tert-OH is 1. The molecule has 0 aliphatic carbocycles. The zero-order chi connectivity index (χ0) is 13.9. The van der Waals surface area contributed by atoms with Gasteiger partial charge in [0, 0.05) is 11.8 Å². The highest BCUT2D eigenvalue weighted by molar-refractivity contribution is 5.14. The minimum absolute atomic E-state index is 0.0390. The molecule has 0 spiro atoms. The number of hydrogen-bond acceptors (Lipinski definition) is 3. The van der Waals surface area contributed by atoms with E-state index in [0.29, 0.717) is 6.61 Å². The van der Waals surface area contributed by atoms with Crippen molar-refractivity contribution >= 4 is 0 Å². The van der Waals surface area contributed by atoms with Gasteiger partial charge in [-0.2, -0.15) is 0 Å². The highest BCUT2D eigenvalue weighted by Gasteiger charge is 2.43. The largest absolute Gasteiger partial charge is 0.394 e. The molecule has 1 N–H and O–H groups in total. The second-order valence-corrected chi connectivity index (χ2v) is 6.19. The van der Waals surface area contributed by atoms with Crippen LogP contribution in [0.15, 0.2) is 30.3 Å². The van der Waals surface area contributed by atoms with Crippen LogP contribution in [0.5, 0.6) is 0 Å². The van der Waals surface area contributed by atoms with Crippen LogP contribution in [-0.4, -0.2) is 30.2 Å². The van der Waals surface area contributed by atoms with E-state index in [-0.39, 0.29) is 18.1 Å². The number of ether oxygens (including phenoxy) is 2. The standard InChI is InChI=1S/C16H24O3/c1-15(2)12-18-16(3,19-14(15)11-17)10-9-13-7-5-4-6-8-13/h4-8,14,17H,9-12H2,1-3H3/t14-,16+/m1/s1. The van der Waals surface area contributed by atoms with Gasteiger partial charge in [0.2, 0.25) is 0 Å². The topological polar surface area (TPSA) is 38.7 Å². The SMILES string of the molecule is CC1(C)CO[C@](C)(CCc2ccccc2)O[C@@H]1CO. The van der Waals surface area contributed by atoms with Crippen LogP contribution in [0, 0.1) is 5.41 Å². The van der Waals surface area contributed by atoms with Crippen LogP contribution < -0.4 is 0 Å². The molecule has 1 aliphatic heterocycles. The monoisotopic (exact) mass is 264 g/mol. The molecule has 2 atom stereocenters. The molecule has 2 rings (SSSR count). The molecule has 0 aromatic heterocycles. The van der Waals surface area contributed by atoms with Gasteiger partial charge in [0.25, 0.3) is 0 Å². The Morgan fingerprint density at radius 3 is 2.53 bits per heavy atom. The zero-order valence-electron chi connectivity index (χ0n) is 12.1. The molecule has 1 aromatic carbocycles. The van der Waals surface area contributed by atoms with Crippen molar-refractivity contribution in [2.24, 2.45) is 5.41 Å². The summed E-state index contributed by atoms with van der Waals surface area (Å²) in [6.07, 6.45) is 1.54. The molecule has 19 heavy (non-hydrogen) atoms. The molecule has 3 nitrogen and oxygen atoms in total. The van der Waals surface area contributed by atoms with Crippen LogP contribution >= 0.6 is 0 Å². The van der Waals surface area contributed by atoms with Crippen molar-refractivity contribution in [3.63, 3.8) is 0 Å². The summed E-state index contributed by atoms with van der Waals surface area (Å²) in [5.41, 5.74) is 1.14. The van der Waals surface area contributed by atoms with Crippen molar-refractivity contribution in [3.8, 4) is 0 Å². The average Bonchev–Trinajstić information content (AvgIpc) is 2.41. The molecule has 0 radical (unpaired) electrons. The lowest BCUT2D eigenvalue weighted by molar-refractivity contribution is -0.327. The van der Waals surface area contributed by atoms with Gasteiger partial charge in [-0.25, -0.2) is 0 Å². The summed E-state index contributed by atoms with van der Waals surface area (Å²) in [5, 5.41) is 9.46. The minimum atomic E-state index is -0.598. The molecule has 1 saturated heterocycles. The third-order valence-corrected chi connectivity index (χ3v) is 3.89. The zero-order valence-corrected chi connectivity index (χ0v) is 12.1. The van der Waals surface area contributed by atoms with Crippen LogP contribution in [0.2, 0.25) is 0 Å². The van der Waals surface area contributed by atoms with Gasteiger partial charge in [-0.05, 0) is 18.9 Å². The summed E-state index contributed by atoms with van der Waals surface area (Å²) in [4.78, 5) is 0. The van der Waals surface area contributed by atoms with Gasteiger partial charge >= 0.3 is 0 Å². The molecule has 0 amide bonds. The summed E-state index contributed by atoms with van der Waals surface area (Å²) in [6.45, 7) is 6.74. The maximum atomic E-state index is 9.46. The summed E-state index contributed by atoms with van der Waals surface area (Å²) in [5.74, 6) is -0.598. The molecule has 3 heteroatoms. The van der Waals surface area contributed by atoms with Crippen molar-refractivity contribution in [1.82, 2.24) is 0 Å². The molecule has 0 saturated carbocycles. The number of rotatable bonds is 4. The van der Waals surface area contributed by atoms with Crippen LogP contribution in [-0.2, 0) is 15.9 Å². The third kappa shape index (κ3) is 3.56. The smallest absolute Gasteiger partial charge is 0.166 e. The number of aryl methyl sites for hydroxylation is 1. The fourth-order valence-electron chi connectivity index (χ4n) is 2.36. The normalized spacial score (nSPS) is 30.2. The van der Waals surface area contributed by atoms with E-state index in [1.54, 1.807) is 0 Å². The summed E-state index contributed by atoms with van der Waals surface area (Å²) < 4.78 is 11.9. The van der Waals surface area contributed by atoms with Gasteiger partial charge in [0.1, 0.15) is 0 Å². The van der Waals surface area contributed by atoms with Gasteiger partial charge in [0.05, 0.1) is 19.3 Å². The van der Waals surface area contributed by atoms with Gasteiger partial charge in [0.15, 0.2) is 5.79 Å². The van der Waals surface area contributed by atoms with E-state index in [0.717, 1.165) is 12.8 Å². The highest BCUT2D eigenvalue weighted by Crippen LogP contribution is 2.36. The Balaban J connectivity index is 1.96. The Morgan fingerprint density at radius 2 is 1.89 bits per heavy atom. The fraction of sp³-hybridized carbons (Fsp3) is 0.625. The fourth-order valence-corrected chi connectivity index (χ4v) is 2.36. The predicted octanol–water partition coefficient (Wildman–Crippen LogP) is 2.77. The Kier molecular flexibility index (Phi) is 4.29. The maximum absolute atomic E-state index is 9.46. The minimum Gasteiger partial charge on any atom is -0.394 e. The van der Waals surface area contributed by atoms with Crippen molar-refractivity contribution in [2.45, 2.75) is 45.5 Å². The van der Waals surface area contributed by atoms with E-state index in [9.17, 15) is 5.11 Å². The number of aliphatic hydroxyl groups is 1. The first-order chi connectivity index (χ1) is 8.95. The number of benzene rings is 1. The van der Waals surface area contributed by atoms with Crippen molar-refractivity contribution in [3.05, 3.63) is 35.9 Å². The molecule has 0 unspecified atom stereocenters. The van der Waals surface area contributed by atoms with E-state index >= 15 is 0 Å². The Labute approximate surface area is 115 Å². The Morgan fingerprint density at radius 1 is 1.21 bits per heavy atom. The van der Waals surface area contributed by atoms with Crippen molar-refractivity contribution in [1.29, 1.82) is 0 Å². The first-order valence-electron chi connectivity index (χ1n) is 6.92. The Bertz CT molecular complexity index is 402. The Hall–Kier alpha value is -0.900. The molecule has 1 fully saturated rings. The first kappa shape index (κ1) is 14.5. The first-order valence-corrected chi connectivity index (χ1v) is 6.92. The van der Waals surface area contributed by atoms with E-state index in [2.05, 4.69) is 26.0 Å². The van der Waals surface area contributed by atoms with Gasteiger partial charge in [-0.15, -0.1) is 0 Å². The quantitative estimate of drug-likeness (QED) is 0.909. The molecule has 1 aromatic rings. The lowest BCUT2D eigenvalue weighted by atomic mass is 9.86. The predicted molar refractivity (Wildman–Crippen MR) is 74.9 cm³/mol. The second-order valence-electron chi connectivity index (χ2n) is 6.19. The van der Waals surface area contributed by atoms with E-state index in [4.69, 9.17) is 9.47 Å². The summed E-state index contributed by atoms with van der Waals surface area (Å²) in [7, 11) is 0. The van der Waals surface area contributed by atoms with Gasteiger partial charge in [-0.1, -0.05) is 44.2 Å². The highest BCUT2D eigenvalue weighted by atomic mass is 16.7. The molecule has 1 heterocycles. The summed E-state index contributed by atoms with van der Waals surface area (Å²) >= 11 is 0. The maximum Gasteiger partial charge on any atom is 0.166 e. The van der Waals surface area contributed by atoms with E-state index in [1.807, 2.05) is 25.1 Å². The number of hydrogen-bond donors (Lipinski definition) is 1. The van der Waals surface area contributed by atoms with Crippen LogP contribution in [0.4, 0.5) is 0 Å². The second kappa shape index (κ2) is 5.61. The van der Waals surface area contributed by atoms with Crippen molar-refractivity contribution in [2.75, 3.05) is 13.2 Å². The van der Waals surface area contributed by atoms with Crippen LogP contribution in [0.3, 0.4) is 0 Å². The molecule has 1 aliphatic rings. The molecule has 0 bridgehead atoms. The van der Waals surface area contributed by atoms with Gasteiger partial charge in [-0.3, -0.25) is 0 Å². The molecular formula is C16H24O3. The summed E-state index contributed by atoms with van der Waals surface area (Å²) in [6, 6.07) is 10.3. The van der Waals surface area contributed by atoms with Crippen molar-refractivity contribution < 1.29 is 14.6 Å². The van der Waals surface area contributed by atoms with Gasteiger partial charge < -0.3 is 14.6 Å². The van der Waals surface area contributed by atoms with E-state index < -0.39 is 5.79 Å². The average molecular weight is 264 g/mol. The molecule has 106 valence electrons. The van der Waals surface area contributed by atoms with Crippen LogP contribution in [0.25, 0.3) is 0 Å². The lowest BCUT2D eigenvalue weighted by Crippen LogP contribution is -2.53. The van der Waals surface area contributed by atoms with Crippen LogP contribution in [0.1, 0.15) is 32.8 Å². The third-order valence-electron chi connectivity index (χ3n) is 3.89. The molecular weight excluding hydrogens is 240 g/mol. The lowest BCUT2D eigenvalue weighted by Gasteiger charge is -2.46. The van der Waals surface area contributed by atoms with E-state index in [1.165, 1.54) is 5.56 Å².